The van der Waals surface area contributed by atoms with Gasteiger partial charge in [0, 0.05) is 25.0 Å². The van der Waals surface area contributed by atoms with E-state index in [1.807, 2.05) is 0 Å². The van der Waals surface area contributed by atoms with E-state index in [0.29, 0.717) is 18.0 Å². The van der Waals surface area contributed by atoms with Gasteiger partial charge in [0.1, 0.15) is 0 Å². The fraction of sp³-hybridized carbons (Fsp3) is 0.929. The van der Waals surface area contributed by atoms with Crippen molar-refractivity contribution < 1.29 is 4.79 Å². The molecular formula is C14H27ClN2O. The lowest BCUT2D eigenvalue weighted by Crippen LogP contribution is -2.39. The van der Waals surface area contributed by atoms with E-state index in [2.05, 4.69) is 17.6 Å². The fourth-order valence-electron chi connectivity index (χ4n) is 3.28. The van der Waals surface area contributed by atoms with Crippen LogP contribution in [0.4, 0.5) is 0 Å². The number of rotatable bonds is 6. The Morgan fingerprint density at radius 1 is 1.22 bits per heavy atom. The smallest absolute Gasteiger partial charge is 0.220 e. The van der Waals surface area contributed by atoms with E-state index >= 15 is 0 Å². The Morgan fingerprint density at radius 3 is 2.50 bits per heavy atom. The summed E-state index contributed by atoms with van der Waals surface area (Å²) in [6.45, 7) is 3.05. The highest BCUT2D eigenvalue weighted by atomic mass is 35.5. The minimum Gasteiger partial charge on any atom is -0.356 e. The molecule has 2 N–H and O–H groups in total. The van der Waals surface area contributed by atoms with Gasteiger partial charge < -0.3 is 10.6 Å². The average Bonchev–Trinajstić information content (AvgIpc) is 2.64. The van der Waals surface area contributed by atoms with Crippen LogP contribution in [0.2, 0.25) is 0 Å². The van der Waals surface area contributed by atoms with E-state index < -0.39 is 0 Å². The molecule has 2 aliphatic heterocycles. The molecule has 2 aliphatic rings. The third kappa shape index (κ3) is 4.77. The van der Waals surface area contributed by atoms with E-state index in [1.165, 1.54) is 38.5 Å². The number of carbonyl (C=O) groups excluding carboxylic acids is 1. The van der Waals surface area contributed by atoms with Gasteiger partial charge in [0.2, 0.25) is 5.91 Å². The first kappa shape index (κ1) is 15.8. The third-order valence-electron chi connectivity index (χ3n) is 4.15. The predicted molar refractivity (Wildman–Crippen MR) is 77.1 cm³/mol. The summed E-state index contributed by atoms with van der Waals surface area (Å²) < 4.78 is 0. The predicted octanol–water partition coefficient (Wildman–Crippen LogP) is 2.64. The lowest BCUT2D eigenvalue weighted by molar-refractivity contribution is -0.122. The van der Waals surface area contributed by atoms with Crippen molar-refractivity contribution >= 4 is 18.3 Å². The maximum Gasteiger partial charge on any atom is 0.220 e. The molecule has 0 radical (unpaired) electrons. The van der Waals surface area contributed by atoms with Gasteiger partial charge in [-0.15, -0.1) is 12.4 Å². The molecule has 0 aliphatic carbocycles. The second-order valence-corrected chi connectivity index (χ2v) is 5.74. The van der Waals surface area contributed by atoms with Gasteiger partial charge in [0.15, 0.2) is 0 Å². The molecule has 0 aromatic carbocycles. The molecule has 0 spiro atoms. The van der Waals surface area contributed by atoms with Crippen molar-refractivity contribution in [3.05, 3.63) is 0 Å². The molecular weight excluding hydrogens is 248 g/mol. The van der Waals surface area contributed by atoms with Crippen molar-refractivity contribution in [2.75, 3.05) is 6.54 Å². The van der Waals surface area contributed by atoms with Crippen molar-refractivity contribution in [1.29, 1.82) is 0 Å². The summed E-state index contributed by atoms with van der Waals surface area (Å²) in [5.74, 6) is 0.896. The van der Waals surface area contributed by atoms with E-state index in [1.54, 1.807) is 0 Å². The molecule has 18 heavy (non-hydrogen) atoms. The van der Waals surface area contributed by atoms with Crippen LogP contribution in [0.5, 0.6) is 0 Å². The maximum atomic E-state index is 11.8. The fourth-order valence-corrected chi connectivity index (χ4v) is 3.28. The van der Waals surface area contributed by atoms with Crippen LogP contribution in [0.25, 0.3) is 0 Å². The summed E-state index contributed by atoms with van der Waals surface area (Å²) in [5, 5.41) is 6.68. The average molecular weight is 275 g/mol. The standard InChI is InChI=1S/C14H26N2O.ClH/c1-2-3-4-7-15-14(17)10-11-8-12-5-6-13(9-11)16-12;/h11-13,16H,2-10H2,1H3,(H,15,17);1H. The molecule has 0 aromatic heterocycles. The molecule has 2 fully saturated rings. The summed E-state index contributed by atoms with van der Waals surface area (Å²) in [6, 6.07) is 1.40. The molecule has 1 amide bonds. The van der Waals surface area contributed by atoms with Crippen LogP contribution in [0.3, 0.4) is 0 Å². The lowest BCUT2D eigenvalue weighted by atomic mass is 9.89. The van der Waals surface area contributed by atoms with Crippen molar-refractivity contribution in [2.45, 2.75) is 70.4 Å². The normalized spacial score (nSPS) is 29.7. The number of carbonyl (C=O) groups is 1. The molecule has 2 atom stereocenters. The first-order valence-electron chi connectivity index (χ1n) is 7.30. The van der Waals surface area contributed by atoms with E-state index in [9.17, 15) is 4.79 Å². The minimum absolute atomic E-state index is 0. The van der Waals surface area contributed by atoms with E-state index in [-0.39, 0.29) is 18.3 Å². The molecule has 2 rings (SSSR count). The largest absolute Gasteiger partial charge is 0.356 e. The molecule has 3 nitrogen and oxygen atoms in total. The SMILES string of the molecule is CCCCCNC(=O)CC1CC2CCC(C1)N2.Cl. The highest BCUT2D eigenvalue weighted by molar-refractivity contribution is 5.85. The van der Waals surface area contributed by atoms with Crippen LogP contribution in [-0.2, 0) is 4.79 Å². The zero-order valence-electron chi connectivity index (χ0n) is 11.4. The van der Waals surface area contributed by atoms with E-state index in [0.717, 1.165) is 19.4 Å². The van der Waals surface area contributed by atoms with E-state index in [4.69, 9.17) is 0 Å². The van der Waals surface area contributed by atoms with Crippen LogP contribution in [-0.4, -0.2) is 24.5 Å². The molecule has 106 valence electrons. The van der Waals surface area contributed by atoms with Crippen LogP contribution in [0.1, 0.15) is 58.3 Å². The summed E-state index contributed by atoms with van der Waals surface area (Å²) in [4.78, 5) is 11.8. The first-order chi connectivity index (χ1) is 8.28. The van der Waals surface area contributed by atoms with Crippen molar-refractivity contribution in [1.82, 2.24) is 10.6 Å². The molecule has 4 heteroatoms. The van der Waals surface area contributed by atoms with Crippen LogP contribution in [0, 0.1) is 5.92 Å². The van der Waals surface area contributed by atoms with Gasteiger partial charge in [0.05, 0.1) is 0 Å². The van der Waals surface area contributed by atoms with Crippen LogP contribution < -0.4 is 10.6 Å². The number of hydrogen-bond donors (Lipinski definition) is 2. The summed E-state index contributed by atoms with van der Waals surface area (Å²) in [7, 11) is 0. The molecule has 2 bridgehead atoms. The monoisotopic (exact) mass is 274 g/mol. The number of nitrogens with one attached hydrogen (secondary N) is 2. The Balaban J connectivity index is 0.00000162. The maximum absolute atomic E-state index is 11.8. The number of fused-ring (bicyclic) bond motifs is 2. The van der Waals surface area contributed by atoms with Crippen LogP contribution >= 0.6 is 12.4 Å². The number of amides is 1. The highest BCUT2D eigenvalue weighted by Crippen LogP contribution is 2.32. The number of halogens is 1. The van der Waals surface area contributed by atoms with Crippen LogP contribution in [0.15, 0.2) is 0 Å². The zero-order valence-corrected chi connectivity index (χ0v) is 12.2. The zero-order chi connectivity index (χ0) is 12.1. The Morgan fingerprint density at radius 2 is 1.89 bits per heavy atom. The summed E-state index contributed by atoms with van der Waals surface area (Å²) >= 11 is 0. The summed E-state index contributed by atoms with van der Waals surface area (Å²) in [5.41, 5.74) is 0. The number of hydrogen-bond acceptors (Lipinski definition) is 2. The van der Waals surface area contributed by atoms with Crippen molar-refractivity contribution in [2.24, 2.45) is 5.92 Å². The number of piperidine rings is 1. The lowest BCUT2D eigenvalue weighted by Gasteiger charge is -2.28. The van der Waals surface area contributed by atoms with Gasteiger partial charge in [-0.05, 0) is 38.0 Å². The Labute approximate surface area is 117 Å². The molecule has 2 saturated heterocycles. The van der Waals surface area contributed by atoms with Gasteiger partial charge in [-0.3, -0.25) is 4.79 Å². The Kier molecular flexibility index (Phi) is 7.02. The van der Waals surface area contributed by atoms with Gasteiger partial charge in [-0.1, -0.05) is 19.8 Å². The quantitative estimate of drug-likeness (QED) is 0.731. The van der Waals surface area contributed by atoms with Crippen molar-refractivity contribution in [3.8, 4) is 0 Å². The van der Waals surface area contributed by atoms with Gasteiger partial charge in [-0.25, -0.2) is 0 Å². The second-order valence-electron chi connectivity index (χ2n) is 5.74. The van der Waals surface area contributed by atoms with Gasteiger partial charge >= 0.3 is 0 Å². The second kappa shape index (κ2) is 8.00. The van der Waals surface area contributed by atoms with Gasteiger partial charge in [-0.2, -0.15) is 0 Å². The summed E-state index contributed by atoms with van der Waals surface area (Å²) in [6.07, 6.45) is 9.36. The number of unbranched alkanes of at least 4 members (excludes halogenated alkanes) is 2. The molecule has 0 aromatic rings. The molecule has 2 unspecified atom stereocenters. The highest BCUT2D eigenvalue weighted by Gasteiger charge is 2.33. The third-order valence-corrected chi connectivity index (χ3v) is 4.15. The first-order valence-corrected chi connectivity index (χ1v) is 7.30. The minimum atomic E-state index is 0. The topological polar surface area (TPSA) is 41.1 Å². The van der Waals surface area contributed by atoms with Gasteiger partial charge in [0.25, 0.3) is 0 Å². The molecule has 0 saturated carbocycles. The van der Waals surface area contributed by atoms with Crippen molar-refractivity contribution in [3.63, 3.8) is 0 Å². The Hall–Kier alpha value is -0.280. The molecule has 2 heterocycles. The Bertz CT molecular complexity index is 248.